The number of nitrogens with zero attached hydrogens (tertiary/aromatic N) is 2. The molecule has 0 unspecified atom stereocenters. The molecule has 0 radical (unpaired) electrons. The monoisotopic (exact) mass is 256 g/mol. The Morgan fingerprint density at radius 1 is 1.53 bits per heavy atom. The summed E-state index contributed by atoms with van der Waals surface area (Å²) in [4.78, 5) is 7.60. The zero-order valence-corrected chi connectivity index (χ0v) is 10.9. The fourth-order valence-corrected chi connectivity index (χ4v) is 2.30. The van der Waals surface area contributed by atoms with Gasteiger partial charge in [0.25, 0.3) is 0 Å². The van der Waals surface area contributed by atoms with Crippen LogP contribution in [0.3, 0.4) is 0 Å². The minimum atomic E-state index is -0.325. The number of nitrogens with one attached hydrogen (secondary N) is 2. The first-order valence-electron chi connectivity index (χ1n) is 6.36. The Morgan fingerprint density at radius 2 is 2.37 bits per heavy atom. The molecule has 2 aromatic rings. The molecule has 1 aromatic heterocycles. The summed E-state index contributed by atoms with van der Waals surface area (Å²) >= 11 is 0. The van der Waals surface area contributed by atoms with E-state index in [2.05, 4.69) is 33.5 Å². The molecule has 2 N–H and O–H groups in total. The van der Waals surface area contributed by atoms with E-state index in [0.717, 1.165) is 23.4 Å². The lowest BCUT2D eigenvalue weighted by Gasteiger charge is -2.35. The third kappa shape index (κ3) is 2.33. The van der Waals surface area contributed by atoms with Crippen molar-refractivity contribution in [3.8, 4) is 6.07 Å². The van der Waals surface area contributed by atoms with Crippen molar-refractivity contribution in [2.75, 3.05) is 19.8 Å². The van der Waals surface area contributed by atoms with Crippen LogP contribution >= 0.6 is 0 Å². The summed E-state index contributed by atoms with van der Waals surface area (Å²) in [5.41, 5.74) is 2.90. The van der Waals surface area contributed by atoms with E-state index in [1.807, 2.05) is 13.0 Å². The minimum absolute atomic E-state index is 0.325. The molecule has 1 fully saturated rings. The number of rotatable bonds is 4. The molecule has 5 nitrogen and oxygen atoms in total. The first-order valence-corrected chi connectivity index (χ1v) is 6.36. The van der Waals surface area contributed by atoms with Crippen LogP contribution in [0.4, 0.5) is 0 Å². The van der Waals surface area contributed by atoms with Crippen LogP contribution in [-0.4, -0.2) is 29.7 Å². The molecular formula is C14H16N4O. The van der Waals surface area contributed by atoms with Crippen LogP contribution < -0.4 is 5.32 Å². The van der Waals surface area contributed by atoms with Crippen LogP contribution in [0.1, 0.15) is 11.4 Å². The van der Waals surface area contributed by atoms with Crippen molar-refractivity contribution in [1.29, 1.82) is 5.26 Å². The molecule has 3 rings (SSSR count). The molecule has 0 amide bonds. The summed E-state index contributed by atoms with van der Waals surface area (Å²) in [5, 5.41) is 12.4. The summed E-state index contributed by atoms with van der Waals surface area (Å²) in [7, 11) is 0. The number of hydrogen-bond donors (Lipinski definition) is 2. The molecule has 1 aromatic carbocycles. The van der Waals surface area contributed by atoms with E-state index in [-0.39, 0.29) is 5.41 Å². The van der Waals surface area contributed by atoms with E-state index in [1.165, 1.54) is 5.56 Å². The molecule has 1 aliphatic heterocycles. The minimum Gasteiger partial charge on any atom is -0.378 e. The van der Waals surface area contributed by atoms with Gasteiger partial charge in [-0.1, -0.05) is 6.07 Å². The highest BCUT2D eigenvalue weighted by Gasteiger charge is 2.38. The van der Waals surface area contributed by atoms with Gasteiger partial charge in [0.05, 0.1) is 30.3 Å². The van der Waals surface area contributed by atoms with Gasteiger partial charge in [-0.25, -0.2) is 4.98 Å². The van der Waals surface area contributed by atoms with Crippen LogP contribution in [0.15, 0.2) is 18.2 Å². The van der Waals surface area contributed by atoms with E-state index in [0.29, 0.717) is 19.8 Å². The number of ether oxygens (including phenoxy) is 1. The molecular weight excluding hydrogens is 240 g/mol. The SMILES string of the molecule is Cc1nc2ccc(CNCC3(C#N)COC3)cc2[nH]1. The smallest absolute Gasteiger partial charge is 0.116 e. The topological polar surface area (TPSA) is 73.7 Å². The highest BCUT2D eigenvalue weighted by molar-refractivity contribution is 5.75. The van der Waals surface area contributed by atoms with Crippen LogP contribution in [0.2, 0.25) is 0 Å². The number of imidazole rings is 1. The van der Waals surface area contributed by atoms with Gasteiger partial charge in [0, 0.05) is 13.1 Å². The third-order valence-corrected chi connectivity index (χ3v) is 3.45. The first kappa shape index (κ1) is 12.2. The van der Waals surface area contributed by atoms with Crippen molar-refractivity contribution in [3.63, 3.8) is 0 Å². The molecule has 0 aliphatic carbocycles. The Bertz CT molecular complexity index is 636. The Labute approximate surface area is 111 Å². The molecule has 1 saturated heterocycles. The number of aromatic amines is 1. The molecule has 98 valence electrons. The van der Waals surface area contributed by atoms with Crippen LogP contribution in [0, 0.1) is 23.7 Å². The molecule has 0 atom stereocenters. The zero-order chi connectivity index (χ0) is 13.3. The maximum atomic E-state index is 9.09. The van der Waals surface area contributed by atoms with Crippen molar-refractivity contribution >= 4 is 11.0 Å². The largest absolute Gasteiger partial charge is 0.378 e. The lowest BCUT2D eigenvalue weighted by Crippen LogP contribution is -2.48. The molecule has 0 spiro atoms. The third-order valence-electron chi connectivity index (χ3n) is 3.45. The summed E-state index contributed by atoms with van der Waals surface area (Å²) in [5.74, 6) is 0.926. The molecule has 19 heavy (non-hydrogen) atoms. The normalized spacial score (nSPS) is 17.1. The zero-order valence-electron chi connectivity index (χ0n) is 10.9. The van der Waals surface area contributed by atoms with E-state index in [4.69, 9.17) is 10.00 Å². The predicted molar refractivity (Wildman–Crippen MR) is 71.4 cm³/mol. The summed E-state index contributed by atoms with van der Waals surface area (Å²) < 4.78 is 5.12. The number of benzene rings is 1. The Balaban J connectivity index is 1.64. The molecule has 2 heterocycles. The average Bonchev–Trinajstić information content (AvgIpc) is 2.72. The second kappa shape index (κ2) is 4.65. The molecule has 1 aliphatic rings. The number of aryl methyl sites for hydroxylation is 1. The summed E-state index contributed by atoms with van der Waals surface area (Å²) in [6, 6.07) is 8.50. The van der Waals surface area contributed by atoms with Gasteiger partial charge in [-0.2, -0.15) is 5.26 Å². The maximum Gasteiger partial charge on any atom is 0.116 e. The van der Waals surface area contributed by atoms with Crippen molar-refractivity contribution in [1.82, 2.24) is 15.3 Å². The molecule has 0 saturated carbocycles. The number of H-pyrrole nitrogens is 1. The van der Waals surface area contributed by atoms with Gasteiger partial charge in [-0.3, -0.25) is 0 Å². The lowest BCUT2D eigenvalue weighted by atomic mass is 9.88. The van der Waals surface area contributed by atoms with Gasteiger partial charge < -0.3 is 15.0 Å². The van der Waals surface area contributed by atoms with Gasteiger partial charge in [-0.05, 0) is 24.6 Å². The van der Waals surface area contributed by atoms with Gasteiger partial charge in [0.15, 0.2) is 0 Å². The average molecular weight is 256 g/mol. The van der Waals surface area contributed by atoms with Gasteiger partial charge in [-0.15, -0.1) is 0 Å². The highest BCUT2D eigenvalue weighted by Crippen LogP contribution is 2.25. The van der Waals surface area contributed by atoms with E-state index >= 15 is 0 Å². The fraction of sp³-hybridized carbons (Fsp3) is 0.429. The summed E-state index contributed by atoms with van der Waals surface area (Å²) in [6.45, 7) is 4.44. The van der Waals surface area contributed by atoms with Crippen molar-refractivity contribution < 1.29 is 4.74 Å². The molecule has 0 bridgehead atoms. The van der Waals surface area contributed by atoms with Gasteiger partial charge in [0.1, 0.15) is 11.2 Å². The van der Waals surface area contributed by atoms with E-state index in [9.17, 15) is 0 Å². The lowest BCUT2D eigenvalue weighted by molar-refractivity contribution is -0.0755. The van der Waals surface area contributed by atoms with Crippen LogP contribution in [-0.2, 0) is 11.3 Å². The number of aromatic nitrogens is 2. The predicted octanol–water partition coefficient (Wildman–Crippen LogP) is 1.50. The van der Waals surface area contributed by atoms with Crippen LogP contribution in [0.5, 0.6) is 0 Å². The second-order valence-corrected chi connectivity index (χ2v) is 5.16. The van der Waals surface area contributed by atoms with E-state index in [1.54, 1.807) is 0 Å². The number of hydrogen-bond acceptors (Lipinski definition) is 4. The van der Waals surface area contributed by atoms with Gasteiger partial charge in [0.2, 0.25) is 0 Å². The number of fused-ring (bicyclic) bond motifs is 1. The Hall–Kier alpha value is -1.90. The van der Waals surface area contributed by atoms with Crippen molar-refractivity contribution in [3.05, 3.63) is 29.6 Å². The highest BCUT2D eigenvalue weighted by atomic mass is 16.5. The summed E-state index contributed by atoms with van der Waals surface area (Å²) in [6.07, 6.45) is 0. The Kier molecular flexibility index (Phi) is 2.97. The first-order chi connectivity index (χ1) is 9.21. The quantitative estimate of drug-likeness (QED) is 0.869. The molecule has 5 heteroatoms. The Morgan fingerprint density at radius 3 is 3.05 bits per heavy atom. The van der Waals surface area contributed by atoms with E-state index < -0.39 is 0 Å². The number of nitriles is 1. The maximum absolute atomic E-state index is 9.09. The van der Waals surface area contributed by atoms with Crippen molar-refractivity contribution in [2.45, 2.75) is 13.5 Å². The van der Waals surface area contributed by atoms with Gasteiger partial charge >= 0.3 is 0 Å². The second-order valence-electron chi connectivity index (χ2n) is 5.16. The van der Waals surface area contributed by atoms with Crippen molar-refractivity contribution in [2.24, 2.45) is 5.41 Å². The van der Waals surface area contributed by atoms with Crippen LogP contribution in [0.25, 0.3) is 11.0 Å². The standard InChI is InChI=1S/C14H16N4O/c1-10-17-12-3-2-11(4-13(12)18-10)5-16-7-14(6-15)8-19-9-14/h2-4,16H,5,7-9H2,1H3,(H,17,18). The fourth-order valence-electron chi connectivity index (χ4n) is 2.30.